The maximum atomic E-state index is 12.1. The summed E-state index contributed by atoms with van der Waals surface area (Å²) in [6.07, 6.45) is 2.24. The van der Waals surface area contributed by atoms with Crippen molar-refractivity contribution in [3.05, 3.63) is 64.1 Å². The van der Waals surface area contributed by atoms with Gasteiger partial charge in [-0.15, -0.1) is 0 Å². The highest BCUT2D eigenvalue weighted by Gasteiger charge is 2.14. The molecule has 0 spiro atoms. The molecule has 122 valence electrons. The summed E-state index contributed by atoms with van der Waals surface area (Å²) in [4.78, 5) is 23.6. The van der Waals surface area contributed by atoms with Gasteiger partial charge in [0.15, 0.2) is 0 Å². The molecule has 0 unspecified atom stereocenters. The molecule has 0 aliphatic rings. The Kier molecular flexibility index (Phi) is 5.32. The third kappa shape index (κ3) is 4.77. The molecule has 0 radical (unpaired) electrons. The third-order valence-electron chi connectivity index (χ3n) is 3.63. The highest BCUT2D eigenvalue weighted by Crippen LogP contribution is 2.22. The molecule has 1 aromatic carbocycles. The summed E-state index contributed by atoms with van der Waals surface area (Å²) in [7, 11) is 0. The minimum atomic E-state index is -0.128. The summed E-state index contributed by atoms with van der Waals surface area (Å²) in [5.74, 6) is -0.0983. The minimum absolute atomic E-state index is 0.0744. The first-order valence-electron chi connectivity index (χ1n) is 7.79. The molecule has 0 aliphatic heterocycles. The smallest absolute Gasteiger partial charge is 0.266 e. The summed E-state index contributed by atoms with van der Waals surface area (Å²) in [6.45, 7) is 7.41. The Bertz CT molecular complexity index is 712. The van der Waals surface area contributed by atoms with Crippen molar-refractivity contribution in [3.8, 4) is 0 Å². The molecule has 2 rings (SSSR count). The molecule has 0 fully saturated rings. The highest BCUT2D eigenvalue weighted by atomic mass is 16.1. The molecule has 1 N–H and O–H groups in total. The molecular formula is C18H23N3O2. The zero-order valence-electron chi connectivity index (χ0n) is 13.9. The Morgan fingerprint density at radius 1 is 1.17 bits per heavy atom. The van der Waals surface area contributed by atoms with Gasteiger partial charge in [0.05, 0.1) is 0 Å². The Morgan fingerprint density at radius 3 is 2.48 bits per heavy atom. The fourth-order valence-electron chi connectivity index (χ4n) is 2.21. The number of rotatable bonds is 5. The van der Waals surface area contributed by atoms with Crippen LogP contribution in [0.25, 0.3) is 0 Å². The van der Waals surface area contributed by atoms with E-state index in [2.05, 4.69) is 31.2 Å². The van der Waals surface area contributed by atoms with Crippen LogP contribution in [0.5, 0.6) is 0 Å². The Labute approximate surface area is 136 Å². The monoisotopic (exact) mass is 313 g/mol. The van der Waals surface area contributed by atoms with Crippen LogP contribution >= 0.6 is 0 Å². The van der Waals surface area contributed by atoms with Crippen molar-refractivity contribution in [2.24, 2.45) is 0 Å². The van der Waals surface area contributed by atoms with E-state index in [0.29, 0.717) is 25.1 Å². The maximum Gasteiger partial charge on any atom is 0.266 e. The molecule has 5 nitrogen and oxygen atoms in total. The van der Waals surface area contributed by atoms with Crippen LogP contribution in [-0.4, -0.2) is 22.2 Å². The largest absolute Gasteiger partial charge is 0.352 e. The molecule has 0 aliphatic carbocycles. The van der Waals surface area contributed by atoms with Crippen molar-refractivity contribution in [2.75, 3.05) is 6.54 Å². The van der Waals surface area contributed by atoms with Gasteiger partial charge in [-0.25, -0.2) is 4.68 Å². The molecule has 23 heavy (non-hydrogen) atoms. The number of aromatic nitrogens is 2. The fraction of sp³-hybridized carbons (Fsp3) is 0.389. The van der Waals surface area contributed by atoms with E-state index in [1.807, 2.05) is 24.3 Å². The number of hydrogen-bond acceptors (Lipinski definition) is 3. The number of amides is 1. The van der Waals surface area contributed by atoms with Crippen molar-refractivity contribution in [1.82, 2.24) is 15.1 Å². The molecule has 0 atom stereocenters. The summed E-state index contributed by atoms with van der Waals surface area (Å²) >= 11 is 0. The zero-order valence-corrected chi connectivity index (χ0v) is 13.9. The summed E-state index contributed by atoms with van der Waals surface area (Å²) < 4.78 is 1.39. The zero-order chi connectivity index (χ0) is 16.9. The fourth-order valence-corrected chi connectivity index (χ4v) is 2.21. The number of carbonyl (C=O) groups is 1. The Balaban J connectivity index is 1.83. The second-order valence-corrected chi connectivity index (χ2v) is 6.52. The van der Waals surface area contributed by atoms with Gasteiger partial charge in [0.25, 0.3) is 11.5 Å². The number of hydrogen-bond donors (Lipinski definition) is 1. The Hall–Kier alpha value is -2.43. The van der Waals surface area contributed by atoms with Crippen LogP contribution in [-0.2, 0) is 12.0 Å². The first kappa shape index (κ1) is 16.9. The molecule has 5 heteroatoms. The van der Waals surface area contributed by atoms with Gasteiger partial charge in [-0.1, -0.05) is 32.9 Å². The second-order valence-electron chi connectivity index (χ2n) is 6.52. The predicted octanol–water partition coefficient (Wildman–Crippen LogP) is 2.36. The standard InChI is InChI=1S/C18H23N3O2/c1-18(2,3)15-9-7-14(8-10-15)17(23)19-11-5-13-21-16(22)6-4-12-20-21/h4,6-10,12H,5,11,13H2,1-3H3,(H,19,23). The van der Waals surface area contributed by atoms with E-state index in [1.54, 1.807) is 12.3 Å². The van der Waals surface area contributed by atoms with Crippen LogP contribution in [0.1, 0.15) is 43.1 Å². The van der Waals surface area contributed by atoms with Gasteiger partial charge in [-0.2, -0.15) is 5.10 Å². The number of aryl methyl sites for hydroxylation is 1. The van der Waals surface area contributed by atoms with Gasteiger partial charge in [0.2, 0.25) is 0 Å². The van der Waals surface area contributed by atoms with Gasteiger partial charge in [-0.05, 0) is 35.6 Å². The van der Waals surface area contributed by atoms with Crippen LogP contribution < -0.4 is 10.9 Å². The summed E-state index contributed by atoms with van der Waals surface area (Å²) in [5, 5.41) is 6.84. The van der Waals surface area contributed by atoms with Gasteiger partial charge in [0, 0.05) is 30.9 Å². The number of nitrogens with zero attached hydrogens (tertiary/aromatic N) is 2. The van der Waals surface area contributed by atoms with Crippen molar-refractivity contribution in [1.29, 1.82) is 0 Å². The predicted molar refractivity (Wildman–Crippen MR) is 90.6 cm³/mol. The lowest BCUT2D eigenvalue weighted by atomic mass is 9.87. The first-order chi connectivity index (χ1) is 10.9. The van der Waals surface area contributed by atoms with E-state index in [-0.39, 0.29) is 16.9 Å². The molecule has 0 bridgehead atoms. The van der Waals surface area contributed by atoms with E-state index >= 15 is 0 Å². The lowest BCUT2D eigenvalue weighted by Crippen LogP contribution is -2.27. The summed E-state index contributed by atoms with van der Waals surface area (Å²) in [5.41, 5.74) is 1.79. The second kappa shape index (κ2) is 7.22. The van der Waals surface area contributed by atoms with E-state index in [0.717, 1.165) is 0 Å². The number of benzene rings is 1. The quantitative estimate of drug-likeness (QED) is 0.862. The maximum absolute atomic E-state index is 12.1. The minimum Gasteiger partial charge on any atom is -0.352 e. The van der Waals surface area contributed by atoms with E-state index in [9.17, 15) is 9.59 Å². The summed E-state index contributed by atoms with van der Waals surface area (Å²) in [6, 6.07) is 10.8. The Morgan fingerprint density at radius 2 is 1.87 bits per heavy atom. The van der Waals surface area contributed by atoms with Crippen LogP contribution in [0, 0.1) is 0 Å². The third-order valence-corrected chi connectivity index (χ3v) is 3.63. The van der Waals surface area contributed by atoms with E-state index in [4.69, 9.17) is 0 Å². The van der Waals surface area contributed by atoms with Crippen LogP contribution in [0.2, 0.25) is 0 Å². The van der Waals surface area contributed by atoms with Gasteiger partial charge >= 0.3 is 0 Å². The van der Waals surface area contributed by atoms with Crippen molar-refractivity contribution >= 4 is 5.91 Å². The molecule has 1 aromatic heterocycles. The normalized spacial score (nSPS) is 11.3. The van der Waals surface area contributed by atoms with Crippen molar-refractivity contribution in [3.63, 3.8) is 0 Å². The van der Waals surface area contributed by atoms with E-state index < -0.39 is 0 Å². The SMILES string of the molecule is CC(C)(C)c1ccc(C(=O)NCCCn2ncccc2=O)cc1. The lowest BCUT2D eigenvalue weighted by Gasteiger charge is -2.19. The first-order valence-corrected chi connectivity index (χ1v) is 7.79. The lowest BCUT2D eigenvalue weighted by molar-refractivity contribution is 0.0952. The van der Waals surface area contributed by atoms with Gasteiger partial charge in [-0.3, -0.25) is 9.59 Å². The van der Waals surface area contributed by atoms with Crippen molar-refractivity contribution < 1.29 is 4.79 Å². The van der Waals surface area contributed by atoms with Crippen LogP contribution in [0.15, 0.2) is 47.4 Å². The number of nitrogens with one attached hydrogen (secondary N) is 1. The number of carbonyl (C=O) groups excluding carboxylic acids is 1. The average Bonchev–Trinajstić information content (AvgIpc) is 2.52. The topological polar surface area (TPSA) is 64.0 Å². The molecule has 0 saturated carbocycles. The molecule has 1 amide bonds. The molecular weight excluding hydrogens is 290 g/mol. The average molecular weight is 313 g/mol. The molecule has 0 saturated heterocycles. The molecule has 1 heterocycles. The van der Waals surface area contributed by atoms with E-state index in [1.165, 1.54) is 16.3 Å². The molecule has 2 aromatic rings. The van der Waals surface area contributed by atoms with Crippen LogP contribution in [0.3, 0.4) is 0 Å². The van der Waals surface area contributed by atoms with Crippen molar-refractivity contribution in [2.45, 2.75) is 39.2 Å². The van der Waals surface area contributed by atoms with Gasteiger partial charge < -0.3 is 5.32 Å². The van der Waals surface area contributed by atoms with Crippen LogP contribution in [0.4, 0.5) is 0 Å². The van der Waals surface area contributed by atoms with Gasteiger partial charge in [0.1, 0.15) is 0 Å². The highest BCUT2D eigenvalue weighted by molar-refractivity contribution is 5.94.